The summed E-state index contributed by atoms with van der Waals surface area (Å²) >= 11 is 0. The predicted molar refractivity (Wildman–Crippen MR) is 32.2 cm³/mol. The Morgan fingerprint density at radius 2 is 2.14 bits per heavy atom. The van der Waals surface area contributed by atoms with Crippen LogP contribution in [0.25, 0.3) is 0 Å². The largest absolute Gasteiger partial charge is 0.367 e. The van der Waals surface area contributed by atoms with Crippen molar-refractivity contribution in [1.29, 1.82) is 0 Å². The van der Waals surface area contributed by atoms with E-state index in [1.807, 2.05) is 6.92 Å². The van der Waals surface area contributed by atoms with Crippen molar-refractivity contribution >= 4 is 9.24 Å². The summed E-state index contributed by atoms with van der Waals surface area (Å²) < 4.78 is 4.55. The molecule has 2 nitrogen and oxygen atoms in total. The van der Waals surface area contributed by atoms with Crippen LogP contribution in [0.4, 0.5) is 0 Å². The lowest BCUT2D eigenvalue weighted by molar-refractivity contribution is -0.0708. The number of methoxy groups -OCH3 is 1. The molecule has 7 heavy (non-hydrogen) atoms. The number of hydrogen-bond acceptors (Lipinski definition) is 2. The molecule has 0 aromatic carbocycles. The van der Waals surface area contributed by atoms with Crippen LogP contribution < -0.4 is 0 Å². The minimum absolute atomic E-state index is 0.116. The van der Waals surface area contributed by atoms with E-state index >= 15 is 0 Å². The second kappa shape index (κ2) is 3.36. The minimum Gasteiger partial charge on any atom is -0.367 e. The van der Waals surface area contributed by atoms with Gasteiger partial charge in [-0.2, -0.15) is 0 Å². The van der Waals surface area contributed by atoms with E-state index in [0.29, 0.717) is 0 Å². The summed E-state index contributed by atoms with van der Waals surface area (Å²) in [5.41, 5.74) is 0.116. The highest BCUT2D eigenvalue weighted by atomic mass is 31.0. The number of aliphatic hydroxyl groups excluding tert-OH is 1. The van der Waals surface area contributed by atoms with Crippen molar-refractivity contribution in [3.63, 3.8) is 0 Å². The molecular weight excluding hydrogens is 111 g/mol. The van der Waals surface area contributed by atoms with Gasteiger partial charge in [0.15, 0.2) is 6.29 Å². The van der Waals surface area contributed by atoms with Gasteiger partial charge in [-0.15, -0.1) is 9.24 Å². The SMILES string of the molecule is COC(O)C(C)P. The number of aliphatic hydroxyl groups is 1. The molecule has 0 amide bonds. The summed E-state index contributed by atoms with van der Waals surface area (Å²) in [4.78, 5) is 0. The van der Waals surface area contributed by atoms with E-state index < -0.39 is 6.29 Å². The van der Waals surface area contributed by atoms with Crippen LogP contribution in [0, 0.1) is 0 Å². The van der Waals surface area contributed by atoms with Crippen molar-refractivity contribution in [3.8, 4) is 0 Å². The molecule has 0 bridgehead atoms. The van der Waals surface area contributed by atoms with Gasteiger partial charge in [-0.1, -0.05) is 6.92 Å². The summed E-state index contributed by atoms with van der Waals surface area (Å²) in [6, 6.07) is 0. The highest BCUT2D eigenvalue weighted by molar-refractivity contribution is 7.17. The van der Waals surface area contributed by atoms with Crippen LogP contribution in [-0.4, -0.2) is 24.2 Å². The van der Waals surface area contributed by atoms with Crippen LogP contribution in [0.5, 0.6) is 0 Å². The van der Waals surface area contributed by atoms with Gasteiger partial charge in [-0.05, 0) is 0 Å². The van der Waals surface area contributed by atoms with Crippen LogP contribution in [0.1, 0.15) is 6.92 Å². The molecule has 0 aliphatic rings. The lowest BCUT2D eigenvalue weighted by atomic mass is 10.5. The summed E-state index contributed by atoms with van der Waals surface area (Å²) in [5.74, 6) is 0. The second-order valence-corrected chi connectivity index (χ2v) is 2.54. The zero-order chi connectivity index (χ0) is 5.86. The van der Waals surface area contributed by atoms with E-state index in [2.05, 4.69) is 14.0 Å². The average Bonchev–Trinajstić information content (AvgIpc) is 1.65. The molecular formula is C4H11O2P. The van der Waals surface area contributed by atoms with Gasteiger partial charge in [-0.25, -0.2) is 0 Å². The first-order valence-electron chi connectivity index (χ1n) is 2.15. The van der Waals surface area contributed by atoms with E-state index in [0.717, 1.165) is 0 Å². The Labute approximate surface area is 46.1 Å². The van der Waals surface area contributed by atoms with E-state index in [1.165, 1.54) is 7.11 Å². The maximum Gasteiger partial charge on any atom is 0.160 e. The van der Waals surface area contributed by atoms with Gasteiger partial charge in [0.2, 0.25) is 0 Å². The smallest absolute Gasteiger partial charge is 0.160 e. The van der Waals surface area contributed by atoms with Gasteiger partial charge in [0.1, 0.15) is 0 Å². The molecule has 0 aromatic heterocycles. The summed E-state index contributed by atoms with van der Waals surface area (Å²) in [6.07, 6.45) is -0.634. The van der Waals surface area contributed by atoms with Gasteiger partial charge in [-0.3, -0.25) is 0 Å². The van der Waals surface area contributed by atoms with Crippen molar-refractivity contribution < 1.29 is 9.84 Å². The van der Waals surface area contributed by atoms with Crippen LogP contribution in [0.2, 0.25) is 0 Å². The third kappa shape index (κ3) is 2.98. The molecule has 0 rings (SSSR count). The molecule has 3 atom stereocenters. The van der Waals surface area contributed by atoms with Crippen LogP contribution in [-0.2, 0) is 4.74 Å². The molecule has 3 heteroatoms. The molecule has 0 saturated heterocycles. The number of hydrogen-bond donors (Lipinski definition) is 1. The summed E-state index contributed by atoms with van der Waals surface area (Å²) in [6.45, 7) is 1.86. The first-order chi connectivity index (χ1) is 3.18. The topological polar surface area (TPSA) is 29.5 Å². The van der Waals surface area contributed by atoms with Crippen molar-refractivity contribution in [2.24, 2.45) is 0 Å². The third-order valence-corrected chi connectivity index (χ3v) is 1.02. The standard InChI is InChI=1S/C4H11O2P/c1-3(7)4(5)6-2/h3-5H,7H2,1-2H3. The maximum absolute atomic E-state index is 8.69. The Morgan fingerprint density at radius 1 is 1.71 bits per heavy atom. The Kier molecular flexibility index (Phi) is 3.53. The summed E-state index contributed by atoms with van der Waals surface area (Å²) in [5, 5.41) is 8.69. The lowest BCUT2D eigenvalue weighted by Crippen LogP contribution is -2.18. The Hall–Kier alpha value is 0.350. The van der Waals surface area contributed by atoms with E-state index in [-0.39, 0.29) is 5.66 Å². The zero-order valence-electron chi connectivity index (χ0n) is 4.59. The lowest BCUT2D eigenvalue weighted by Gasteiger charge is -2.10. The molecule has 0 aliphatic carbocycles. The van der Waals surface area contributed by atoms with E-state index in [4.69, 9.17) is 5.11 Å². The van der Waals surface area contributed by atoms with Crippen molar-refractivity contribution in [2.45, 2.75) is 18.9 Å². The van der Waals surface area contributed by atoms with Crippen LogP contribution in [0.3, 0.4) is 0 Å². The fourth-order valence-corrected chi connectivity index (χ4v) is 0.372. The number of ether oxygens (including phenoxy) is 1. The average molecular weight is 122 g/mol. The van der Waals surface area contributed by atoms with Crippen molar-refractivity contribution in [2.75, 3.05) is 7.11 Å². The molecule has 0 aromatic rings. The number of rotatable bonds is 2. The Bertz CT molecular complexity index is 47.0. The zero-order valence-corrected chi connectivity index (χ0v) is 5.74. The van der Waals surface area contributed by atoms with Crippen LogP contribution >= 0.6 is 9.24 Å². The molecule has 0 fully saturated rings. The van der Waals surface area contributed by atoms with Crippen molar-refractivity contribution in [3.05, 3.63) is 0 Å². The fourth-order valence-electron chi connectivity index (χ4n) is 0.215. The Balaban J connectivity index is 3.14. The minimum atomic E-state index is -0.634. The molecule has 44 valence electrons. The van der Waals surface area contributed by atoms with Crippen LogP contribution in [0.15, 0.2) is 0 Å². The molecule has 0 saturated carbocycles. The van der Waals surface area contributed by atoms with Gasteiger partial charge in [0.25, 0.3) is 0 Å². The normalized spacial score (nSPS) is 18.9. The van der Waals surface area contributed by atoms with Gasteiger partial charge in [0.05, 0.1) is 0 Å². The molecule has 0 spiro atoms. The molecule has 0 heterocycles. The highest BCUT2D eigenvalue weighted by Crippen LogP contribution is 2.03. The monoisotopic (exact) mass is 122 g/mol. The first-order valence-corrected chi connectivity index (χ1v) is 2.81. The quantitative estimate of drug-likeness (QED) is 0.419. The highest BCUT2D eigenvalue weighted by Gasteiger charge is 2.04. The molecule has 0 radical (unpaired) electrons. The van der Waals surface area contributed by atoms with E-state index in [9.17, 15) is 0 Å². The summed E-state index contributed by atoms with van der Waals surface area (Å²) in [7, 11) is 3.92. The predicted octanol–water partition coefficient (Wildman–Crippen LogP) is 0.215. The molecule has 1 N–H and O–H groups in total. The fraction of sp³-hybridized carbons (Fsp3) is 1.00. The van der Waals surface area contributed by atoms with Crippen molar-refractivity contribution in [1.82, 2.24) is 0 Å². The first kappa shape index (κ1) is 7.35. The second-order valence-electron chi connectivity index (χ2n) is 1.49. The molecule has 0 aliphatic heterocycles. The van der Waals surface area contributed by atoms with Gasteiger partial charge >= 0.3 is 0 Å². The maximum atomic E-state index is 8.69. The Morgan fingerprint density at radius 3 is 2.14 bits per heavy atom. The third-order valence-electron chi connectivity index (χ3n) is 0.691. The van der Waals surface area contributed by atoms with Gasteiger partial charge in [0, 0.05) is 12.8 Å². The van der Waals surface area contributed by atoms with Gasteiger partial charge < -0.3 is 9.84 Å². The molecule has 3 unspecified atom stereocenters. The van der Waals surface area contributed by atoms with E-state index in [1.54, 1.807) is 0 Å².